The summed E-state index contributed by atoms with van der Waals surface area (Å²) in [6.45, 7) is 3.07. The molecule has 62 heavy (non-hydrogen) atoms. The second-order valence-electron chi connectivity index (χ2n) is 15.9. The largest absolute Gasteiger partial charge is 0.472 e. The summed E-state index contributed by atoms with van der Waals surface area (Å²) in [5.41, 5.74) is 0. The predicted octanol–water partition coefficient (Wildman–Crippen LogP) is 7.71. The minimum atomic E-state index is -5.14. The molecule has 2 aliphatic rings. The maximum atomic E-state index is 12.8. The predicted molar refractivity (Wildman–Crippen MR) is 239 cm³/mol. The van der Waals surface area contributed by atoms with Crippen LogP contribution in [0.4, 0.5) is 0 Å². The number of esters is 2. The van der Waals surface area contributed by atoms with Gasteiger partial charge in [0, 0.05) is 12.8 Å². The number of unbranched alkanes of at least 4 members (excludes halogenated alkanes) is 8. The fraction of sp³-hybridized carbons (Fsp3) is 0.702. The molecule has 10 atom stereocenters. The molecule has 6 N–H and O–H groups in total. The topological polar surface area (TPSA) is 222 Å². The molecule has 15 heteroatoms. The van der Waals surface area contributed by atoms with E-state index in [0.717, 1.165) is 77.0 Å². The molecule has 0 bridgehead atoms. The highest BCUT2D eigenvalue weighted by Crippen LogP contribution is 2.47. The van der Waals surface area contributed by atoms with Crippen molar-refractivity contribution in [2.75, 3.05) is 13.2 Å². The van der Waals surface area contributed by atoms with Gasteiger partial charge in [0.1, 0.15) is 43.2 Å². The maximum absolute atomic E-state index is 12.8. The second kappa shape index (κ2) is 33.7. The molecule has 0 aromatic carbocycles. The number of hydrogen-bond donors (Lipinski definition) is 6. The molecule has 5 unspecified atom stereocenters. The van der Waals surface area contributed by atoms with E-state index in [1.165, 1.54) is 19.3 Å². The van der Waals surface area contributed by atoms with Crippen LogP contribution in [0.15, 0.2) is 72.9 Å². The molecule has 1 aliphatic heterocycles. The van der Waals surface area contributed by atoms with Gasteiger partial charge in [0.2, 0.25) is 0 Å². The summed E-state index contributed by atoms with van der Waals surface area (Å²) in [5, 5.41) is 50.1. The zero-order chi connectivity index (χ0) is 45.4. The summed E-state index contributed by atoms with van der Waals surface area (Å²) in [6.07, 6.45) is 29.9. The normalized spacial score (nSPS) is 25.8. The highest BCUT2D eigenvalue weighted by Gasteiger charge is 2.51. The average Bonchev–Trinajstić information content (AvgIpc) is 4.01. The Labute approximate surface area is 370 Å². The Bertz CT molecular complexity index is 1430. The number of ether oxygens (including phenoxy) is 3. The second-order valence-corrected chi connectivity index (χ2v) is 17.3. The monoisotopic (exact) mass is 897 g/mol. The van der Waals surface area contributed by atoms with Gasteiger partial charge in [-0.15, -0.1) is 0 Å². The highest BCUT2D eigenvalue weighted by molar-refractivity contribution is 7.47. The molecule has 14 nitrogen and oxygen atoms in total. The number of epoxide rings is 1. The van der Waals surface area contributed by atoms with E-state index >= 15 is 0 Å². The Balaban J connectivity index is 1.74. The van der Waals surface area contributed by atoms with Gasteiger partial charge in [-0.05, 0) is 77.0 Å². The van der Waals surface area contributed by atoms with Crippen LogP contribution in [0.2, 0.25) is 0 Å². The SMILES string of the molecule is CC/C=C\C/C=C\C/C=C\CCCCCCCC(=O)O[C@H](COC(=O)CCC/C=C\C/C=C\C/C=C\CC1OC1CCCCC)COP(=O)(O)OC1[C@H](O)[C@H](O)C(O)[C@H](O)[C@H]1O. The van der Waals surface area contributed by atoms with Crippen LogP contribution in [0.5, 0.6) is 0 Å². The lowest BCUT2D eigenvalue weighted by Crippen LogP contribution is -2.64. The van der Waals surface area contributed by atoms with Crippen molar-refractivity contribution in [2.24, 2.45) is 0 Å². The first-order valence-corrected chi connectivity index (χ1v) is 24.4. The van der Waals surface area contributed by atoms with Crippen molar-refractivity contribution in [1.82, 2.24) is 0 Å². The van der Waals surface area contributed by atoms with E-state index in [9.17, 15) is 44.6 Å². The van der Waals surface area contributed by atoms with Crippen LogP contribution in [-0.2, 0) is 37.4 Å². The van der Waals surface area contributed by atoms with E-state index in [0.29, 0.717) is 31.5 Å². The third-order valence-electron chi connectivity index (χ3n) is 10.5. The molecule has 1 heterocycles. The number of rotatable bonds is 35. The van der Waals surface area contributed by atoms with Crippen molar-refractivity contribution in [3.05, 3.63) is 72.9 Å². The average molecular weight is 897 g/mol. The number of carbonyl (C=O) groups is 2. The summed E-state index contributed by atoms with van der Waals surface area (Å²) >= 11 is 0. The van der Waals surface area contributed by atoms with E-state index in [1.54, 1.807) is 0 Å². The number of phosphoric acid groups is 1. The van der Waals surface area contributed by atoms with Gasteiger partial charge in [-0.2, -0.15) is 0 Å². The molecule has 2 rings (SSSR count). The van der Waals surface area contributed by atoms with Gasteiger partial charge in [0.25, 0.3) is 0 Å². The van der Waals surface area contributed by atoms with Gasteiger partial charge in [0.05, 0.1) is 18.8 Å². The van der Waals surface area contributed by atoms with Crippen molar-refractivity contribution in [2.45, 2.75) is 197 Å². The molecule has 2 fully saturated rings. The standard InChI is InChI=1S/C47H77O14P/c1-3-5-7-8-9-10-11-12-13-14-15-20-23-26-30-34-41(49)59-37(36-58-62(55,56)61-47-45(53)43(51)42(50)44(52)46(47)54)35-57-40(48)33-29-25-22-19-17-16-18-21-24-28-32-39-38(60-39)31-27-6-4-2/h5,7,9-10,12-13,16,18-19,22,24,28,37-39,42-47,50-54H,3-4,6,8,11,14-15,17,20-21,23,25-27,29-36H2,1-2H3,(H,55,56)/b7-5-,10-9-,13-12-,18-16-,22-19-,28-24-/t37-,38?,39?,42?,43-,44+,45-,46-,47?/m1/s1. The summed E-state index contributed by atoms with van der Waals surface area (Å²) < 4.78 is 39.2. The molecule has 0 aromatic rings. The number of allylic oxidation sites excluding steroid dienone is 11. The van der Waals surface area contributed by atoms with Gasteiger partial charge in [0.15, 0.2) is 6.10 Å². The third kappa shape index (κ3) is 25.5. The number of hydrogen-bond acceptors (Lipinski definition) is 13. The minimum absolute atomic E-state index is 0.0592. The molecule has 1 aliphatic carbocycles. The summed E-state index contributed by atoms with van der Waals surface area (Å²) in [4.78, 5) is 35.7. The van der Waals surface area contributed by atoms with Crippen molar-refractivity contribution in [3.63, 3.8) is 0 Å². The highest BCUT2D eigenvalue weighted by atomic mass is 31.2. The van der Waals surface area contributed by atoms with E-state index in [1.807, 2.05) is 12.2 Å². The Morgan fingerprint density at radius 3 is 1.76 bits per heavy atom. The van der Waals surface area contributed by atoms with Gasteiger partial charge >= 0.3 is 19.8 Å². The lowest BCUT2D eigenvalue weighted by molar-refractivity contribution is -0.220. The quantitative estimate of drug-likeness (QED) is 0.0118. The first-order valence-electron chi connectivity index (χ1n) is 22.9. The molecule has 354 valence electrons. The first-order chi connectivity index (χ1) is 29.9. The lowest BCUT2D eigenvalue weighted by Gasteiger charge is -2.41. The van der Waals surface area contributed by atoms with Gasteiger partial charge in [-0.25, -0.2) is 4.57 Å². The van der Waals surface area contributed by atoms with Crippen LogP contribution in [0, 0.1) is 0 Å². The van der Waals surface area contributed by atoms with Crippen LogP contribution >= 0.6 is 7.82 Å². The molecule has 1 saturated heterocycles. The maximum Gasteiger partial charge on any atom is 0.472 e. The number of aliphatic hydroxyl groups is 5. The van der Waals surface area contributed by atoms with E-state index in [4.69, 9.17) is 23.3 Å². The third-order valence-corrected chi connectivity index (χ3v) is 11.4. The van der Waals surface area contributed by atoms with E-state index in [2.05, 4.69) is 74.6 Å². The molecule has 1 saturated carbocycles. The Morgan fingerprint density at radius 2 is 1.13 bits per heavy atom. The molecule has 0 radical (unpaired) electrons. The number of aliphatic hydroxyl groups excluding tert-OH is 5. The van der Waals surface area contributed by atoms with Crippen LogP contribution in [0.1, 0.15) is 142 Å². The Morgan fingerprint density at radius 1 is 0.597 bits per heavy atom. The Hall–Kier alpha value is -2.75. The van der Waals surface area contributed by atoms with Gasteiger partial charge < -0.3 is 44.6 Å². The van der Waals surface area contributed by atoms with Crippen LogP contribution in [0.3, 0.4) is 0 Å². The van der Waals surface area contributed by atoms with Crippen molar-refractivity contribution >= 4 is 19.8 Å². The molecule has 0 spiro atoms. The zero-order valence-corrected chi connectivity index (χ0v) is 38.0. The van der Waals surface area contributed by atoms with Gasteiger partial charge in [-0.1, -0.05) is 125 Å². The zero-order valence-electron chi connectivity index (χ0n) is 37.1. The summed E-state index contributed by atoms with van der Waals surface area (Å²) in [6, 6.07) is 0. The number of phosphoric ester groups is 1. The van der Waals surface area contributed by atoms with Crippen molar-refractivity contribution < 1.29 is 67.8 Å². The summed E-state index contributed by atoms with van der Waals surface area (Å²) in [5.74, 6) is -1.20. The van der Waals surface area contributed by atoms with E-state index in [-0.39, 0.29) is 12.8 Å². The fourth-order valence-electron chi connectivity index (χ4n) is 6.68. The van der Waals surface area contributed by atoms with Crippen LogP contribution in [0.25, 0.3) is 0 Å². The lowest BCUT2D eigenvalue weighted by atomic mass is 9.85. The van der Waals surface area contributed by atoms with Crippen molar-refractivity contribution in [3.8, 4) is 0 Å². The van der Waals surface area contributed by atoms with Crippen molar-refractivity contribution in [1.29, 1.82) is 0 Å². The minimum Gasteiger partial charge on any atom is -0.462 e. The van der Waals surface area contributed by atoms with Gasteiger partial charge in [-0.3, -0.25) is 18.6 Å². The first kappa shape index (κ1) is 55.4. The van der Waals surface area contributed by atoms with Crippen LogP contribution < -0.4 is 0 Å². The smallest absolute Gasteiger partial charge is 0.462 e. The molecule has 0 aromatic heterocycles. The van der Waals surface area contributed by atoms with Crippen LogP contribution in [-0.4, -0.2) is 111 Å². The Kier molecular flexibility index (Phi) is 30.1. The molecule has 0 amide bonds. The molecular formula is C47H77O14P. The summed E-state index contributed by atoms with van der Waals surface area (Å²) in [7, 11) is -5.14. The molecular weight excluding hydrogens is 819 g/mol. The van der Waals surface area contributed by atoms with E-state index < -0.39 is 75.7 Å². The fourth-order valence-corrected chi connectivity index (χ4v) is 7.65. The number of carbonyl (C=O) groups excluding carboxylic acids is 2.